The first-order valence-electron chi connectivity index (χ1n) is 9.79. The first kappa shape index (κ1) is 20.6. The summed E-state index contributed by atoms with van der Waals surface area (Å²) in [5, 5.41) is 0. The molecule has 23 heavy (non-hydrogen) atoms. The Kier molecular flexibility index (Phi) is 13.6. The largest absolute Gasteiger partial charge is 0.378 e. The summed E-state index contributed by atoms with van der Waals surface area (Å²) in [6.45, 7) is 3.47. The fourth-order valence-electron chi connectivity index (χ4n) is 3.18. The summed E-state index contributed by atoms with van der Waals surface area (Å²) in [5.41, 5.74) is 0. The second-order valence-corrected chi connectivity index (χ2v) is 6.62. The molecule has 1 aliphatic rings. The molecule has 0 bridgehead atoms. The van der Waals surface area contributed by atoms with Crippen molar-refractivity contribution in [2.75, 3.05) is 13.2 Å². The minimum absolute atomic E-state index is 0.304. The van der Waals surface area contributed by atoms with Gasteiger partial charge in [-0.05, 0) is 51.9 Å². The standard InChI is InChI=1S/C20H36O3/c1-2-22-20(18-21)16-10-7-5-3-4-6-8-13-17-23-19-14-11-9-12-15-19/h9,19-20H,2-8,10-17H2,1H3. The van der Waals surface area contributed by atoms with Crippen molar-refractivity contribution in [2.45, 2.75) is 103 Å². The third-order valence-electron chi connectivity index (χ3n) is 4.60. The Morgan fingerprint density at radius 3 is 2.22 bits per heavy atom. The van der Waals surface area contributed by atoms with E-state index in [1.165, 1.54) is 70.6 Å². The van der Waals surface area contributed by atoms with Gasteiger partial charge in [-0.2, -0.15) is 0 Å². The first-order valence-corrected chi connectivity index (χ1v) is 9.79. The highest BCUT2D eigenvalue weighted by molar-refractivity contribution is 5.56. The Bertz CT molecular complexity index is 262. The SMILES string of the molecule is CCOC([C]=O)CCCCCCCCCCOC1CC[CH]CC1. The van der Waals surface area contributed by atoms with Crippen LogP contribution >= 0.6 is 0 Å². The fraction of sp³-hybridized carbons (Fsp3) is 0.900. The summed E-state index contributed by atoms with van der Waals surface area (Å²) in [6, 6.07) is 0. The molecular weight excluding hydrogens is 288 g/mol. The molecule has 0 aliphatic heterocycles. The molecule has 3 heteroatoms. The second kappa shape index (κ2) is 15.1. The van der Waals surface area contributed by atoms with E-state index in [1.807, 2.05) is 13.2 Å². The minimum atomic E-state index is -0.304. The molecule has 0 heterocycles. The van der Waals surface area contributed by atoms with E-state index in [1.54, 1.807) is 0 Å². The summed E-state index contributed by atoms with van der Waals surface area (Å²) in [6.07, 6.45) is 20.4. The quantitative estimate of drug-likeness (QED) is 0.390. The molecule has 0 aromatic rings. The van der Waals surface area contributed by atoms with Crippen LogP contribution in [0.25, 0.3) is 0 Å². The number of unbranched alkanes of at least 4 members (excludes halogenated alkanes) is 7. The lowest BCUT2D eigenvalue weighted by Gasteiger charge is -2.21. The Morgan fingerprint density at radius 1 is 1.00 bits per heavy atom. The molecule has 0 amide bonds. The van der Waals surface area contributed by atoms with Gasteiger partial charge in [0.15, 0.2) is 0 Å². The van der Waals surface area contributed by atoms with Gasteiger partial charge < -0.3 is 9.47 Å². The predicted molar refractivity (Wildman–Crippen MR) is 95.2 cm³/mol. The van der Waals surface area contributed by atoms with Crippen molar-refractivity contribution in [3.8, 4) is 0 Å². The van der Waals surface area contributed by atoms with Crippen LogP contribution in [0.3, 0.4) is 0 Å². The van der Waals surface area contributed by atoms with Gasteiger partial charge in [-0.3, -0.25) is 4.79 Å². The molecule has 1 atom stereocenters. The number of hydrogen-bond donors (Lipinski definition) is 0. The van der Waals surface area contributed by atoms with Crippen molar-refractivity contribution >= 4 is 6.29 Å². The van der Waals surface area contributed by atoms with Crippen LogP contribution in [-0.2, 0) is 14.3 Å². The average Bonchev–Trinajstić information content (AvgIpc) is 2.59. The van der Waals surface area contributed by atoms with E-state index < -0.39 is 0 Å². The second-order valence-electron chi connectivity index (χ2n) is 6.62. The van der Waals surface area contributed by atoms with Crippen molar-refractivity contribution in [1.29, 1.82) is 0 Å². The summed E-state index contributed by atoms with van der Waals surface area (Å²) in [7, 11) is 0. The Balaban J connectivity index is 1.76. The zero-order valence-corrected chi connectivity index (χ0v) is 15.1. The van der Waals surface area contributed by atoms with Crippen LogP contribution in [0.4, 0.5) is 0 Å². The molecular formula is C20H36O3. The zero-order valence-electron chi connectivity index (χ0n) is 15.1. The summed E-state index contributed by atoms with van der Waals surface area (Å²) in [4.78, 5) is 10.6. The van der Waals surface area contributed by atoms with Crippen LogP contribution in [0.5, 0.6) is 0 Å². The van der Waals surface area contributed by atoms with Gasteiger partial charge in [0.1, 0.15) is 6.10 Å². The lowest BCUT2D eigenvalue weighted by atomic mass is 9.98. The molecule has 1 rings (SSSR count). The van der Waals surface area contributed by atoms with Crippen molar-refractivity contribution in [3.63, 3.8) is 0 Å². The van der Waals surface area contributed by atoms with Crippen molar-refractivity contribution in [1.82, 2.24) is 0 Å². The number of ether oxygens (including phenoxy) is 2. The number of hydrogen-bond acceptors (Lipinski definition) is 3. The van der Waals surface area contributed by atoms with Gasteiger partial charge >= 0.3 is 0 Å². The maximum atomic E-state index is 10.6. The molecule has 0 saturated heterocycles. The molecule has 134 valence electrons. The maximum absolute atomic E-state index is 10.6. The third-order valence-corrected chi connectivity index (χ3v) is 4.60. The lowest BCUT2D eigenvalue weighted by molar-refractivity contribution is 0.0326. The highest BCUT2D eigenvalue weighted by atomic mass is 16.5. The first-order chi connectivity index (χ1) is 11.4. The number of rotatable bonds is 15. The van der Waals surface area contributed by atoms with E-state index in [-0.39, 0.29) is 6.10 Å². The van der Waals surface area contributed by atoms with Crippen molar-refractivity contribution in [2.24, 2.45) is 0 Å². The van der Waals surface area contributed by atoms with Gasteiger partial charge in [-0.25, -0.2) is 0 Å². The molecule has 1 fully saturated rings. The monoisotopic (exact) mass is 324 g/mol. The van der Waals surface area contributed by atoms with E-state index in [2.05, 4.69) is 6.42 Å². The summed E-state index contributed by atoms with van der Waals surface area (Å²) < 4.78 is 11.2. The molecule has 1 aliphatic carbocycles. The maximum Gasteiger partial charge on any atom is 0.229 e. The molecule has 0 N–H and O–H groups in total. The van der Waals surface area contributed by atoms with Crippen LogP contribution in [0.2, 0.25) is 0 Å². The van der Waals surface area contributed by atoms with Gasteiger partial charge in [0, 0.05) is 13.2 Å². The summed E-state index contributed by atoms with van der Waals surface area (Å²) in [5.74, 6) is 0. The summed E-state index contributed by atoms with van der Waals surface area (Å²) >= 11 is 0. The van der Waals surface area contributed by atoms with E-state index in [9.17, 15) is 4.79 Å². The highest BCUT2D eigenvalue weighted by Gasteiger charge is 2.13. The average molecular weight is 325 g/mol. The van der Waals surface area contributed by atoms with Crippen LogP contribution < -0.4 is 0 Å². The molecule has 0 aromatic heterocycles. The van der Waals surface area contributed by atoms with E-state index in [4.69, 9.17) is 9.47 Å². The van der Waals surface area contributed by atoms with Gasteiger partial charge in [-0.15, -0.1) is 0 Å². The third kappa shape index (κ3) is 11.7. The normalized spacial score (nSPS) is 17.3. The molecule has 0 aromatic carbocycles. The van der Waals surface area contributed by atoms with Crippen LogP contribution in [0.1, 0.15) is 90.4 Å². The van der Waals surface area contributed by atoms with Crippen molar-refractivity contribution in [3.05, 3.63) is 6.42 Å². The molecule has 2 radical (unpaired) electrons. The molecule has 1 saturated carbocycles. The van der Waals surface area contributed by atoms with Gasteiger partial charge in [0.05, 0.1) is 6.10 Å². The number of carbonyl (C=O) groups excluding carboxylic acids is 1. The highest BCUT2D eigenvalue weighted by Crippen LogP contribution is 2.20. The van der Waals surface area contributed by atoms with E-state index in [0.717, 1.165) is 19.4 Å². The van der Waals surface area contributed by atoms with Crippen LogP contribution in [-0.4, -0.2) is 31.7 Å². The molecule has 3 nitrogen and oxygen atoms in total. The van der Waals surface area contributed by atoms with Gasteiger partial charge in [0.25, 0.3) is 0 Å². The Morgan fingerprint density at radius 2 is 1.61 bits per heavy atom. The predicted octanol–water partition coefficient (Wildman–Crippen LogP) is 5.18. The van der Waals surface area contributed by atoms with Crippen LogP contribution in [0, 0.1) is 6.42 Å². The van der Waals surface area contributed by atoms with Crippen molar-refractivity contribution < 1.29 is 14.3 Å². The zero-order chi connectivity index (χ0) is 16.6. The lowest BCUT2D eigenvalue weighted by Crippen LogP contribution is -2.17. The van der Waals surface area contributed by atoms with E-state index in [0.29, 0.717) is 12.7 Å². The smallest absolute Gasteiger partial charge is 0.229 e. The topological polar surface area (TPSA) is 35.5 Å². The molecule has 0 spiro atoms. The van der Waals surface area contributed by atoms with Crippen LogP contribution in [0.15, 0.2) is 0 Å². The Labute approximate surface area is 143 Å². The Hall–Kier alpha value is -0.410. The fourth-order valence-corrected chi connectivity index (χ4v) is 3.18. The van der Waals surface area contributed by atoms with E-state index >= 15 is 0 Å². The molecule has 1 unspecified atom stereocenters. The van der Waals surface area contributed by atoms with Gasteiger partial charge in [-0.1, -0.05) is 44.9 Å². The van der Waals surface area contributed by atoms with Gasteiger partial charge in [0.2, 0.25) is 6.29 Å². The minimum Gasteiger partial charge on any atom is -0.378 e.